The minimum absolute atomic E-state index is 0.0343. The average Bonchev–Trinajstić information content (AvgIpc) is 3.18. The van der Waals surface area contributed by atoms with Gasteiger partial charge in [-0.05, 0) is 30.9 Å². The third kappa shape index (κ3) is 4.06. The van der Waals surface area contributed by atoms with Crippen LogP contribution in [-0.4, -0.2) is 10.9 Å². The Morgan fingerprint density at radius 1 is 1.17 bits per heavy atom. The summed E-state index contributed by atoms with van der Waals surface area (Å²) in [5.41, 5.74) is 3.61. The van der Waals surface area contributed by atoms with E-state index in [0.717, 1.165) is 22.0 Å². The first kappa shape index (κ1) is 15.9. The van der Waals surface area contributed by atoms with Gasteiger partial charge in [0.1, 0.15) is 5.01 Å². The van der Waals surface area contributed by atoms with Gasteiger partial charge in [-0.1, -0.05) is 35.9 Å². The molecule has 1 amide bonds. The second-order valence-electron chi connectivity index (χ2n) is 5.44. The van der Waals surface area contributed by atoms with Crippen LogP contribution < -0.4 is 5.32 Å². The first-order valence-electron chi connectivity index (χ1n) is 7.44. The van der Waals surface area contributed by atoms with E-state index < -0.39 is 0 Å². The minimum Gasteiger partial charge on any atom is -0.345 e. The smallest absolute Gasteiger partial charge is 0.261 e. The number of carbonyl (C=O) groups excluding carboxylic acids is 1. The van der Waals surface area contributed by atoms with E-state index in [-0.39, 0.29) is 5.91 Å². The van der Waals surface area contributed by atoms with Gasteiger partial charge >= 0.3 is 0 Å². The summed E-state index contributed by atoms with van der Waals surface area (Å²) in [4.78, 5) is 18.5. The fourth-order valence-electron chi connectivity index (χ4n) is 2.27. The Labute approximate surface area is 144 Å². The third-order valence-electron chi connectivity index (χ3n) is 3.57. The summed E-state index contributed by atoms with van der Waals surface area (Å²) >= 11 is 3.12. The average molecular weight is 342 g/mol. The van der Waals surface area contributed by atoms with Crippen LogP contribution in [0.3, 0.4) is 0 Å². The quantitative estimate of drug-likeness (QED) is 0.749. The van der Waals surface area contributed by atoms with Gasteiger partial charge in [0.2, 0.25) is 0 Å². The molecule has 5 heteroatoms. The molecule has 0 saturated heterocycles. The van der Waals surface area contributed by atoms with Crippen molar-refractivity contribution in [3.63, 3.8) is 0 Å². The molecule has 1 N–H and O–H groups in total. The number of aryl methyl sites for hydroxylation is 2. The van der Waals surface area contributed by atoms with Gasteiger partial charge in [0.05, 0.1) is 17.1 Å². The normalized spacial score (nSPS) is 10.7. The predicted octanol–water partition coefficient (Wildman–Crippen LogP) is 4.34. The van der Waals surface area contributed by atoms with Gasteiger partial charge in [-0.2, -0.15) is 0 Å². The molecule has 1 aromatic carbocycles. The SMILES string of the molecule is Cc1ccc(Cc2sc(CNC(=O)c3cccs3)nc2C)cc1. The van der Waals surface area contributed by atoms with Gasteiger partial charge in [-0.3, -0.25) is 4.79 Å². The third-order valence-corrected chi connectivity index (χ3v) is 5.59. The molecule has 0 aliphatic heterocycles. The van der Waals surface area contributed by atoms with Crippen LogP contribution in [0.15, 0.2) is 41.8 Å². The van der Waals surface area contributed by atoms with Crippen molar-refractivity contribution in [1.29, 1.82) is 0 Å². The summed E-state index contributed by atoms with van der Waals surface area (Å²) in [5.74, 6) is -0.0343. The maximum Gasteiger partial charge on any atom is 0.261 e. The molecule has 0 bridgehead atoms. The lowest BCUT2D eigenvalue weighted by molar-refractivity contribution is 0.0955. The van der Waals surface area contributed by atoms with Crippen LogP contribution in [0.1, 0.15) is 36.4 Å². The van der Waals surface area contributed by atoms with Crippen LogP contribution in [0.25, 0.3) is 0 Å². The van der Waals surface area contributed by atoms with E-state index in [1.807, 2.05) is 24.4 Å². The van der Waals surface area contributed by atoms with Gasteiger partial charge in [-0.25, -0.2) is 4.98 Å². The predicted molar refractivity (Wildman–Crippen MR) is 96.3 cm³/mol. The van der Waals surface area contributed by atoms with Crippen LogP contribution in [0.5, 0.6) is 0 Å². The molecule has 0 fully saturated rings. The van der Waals surface area contributed by atoms with E-state index in [4.69, 9.17) is 0 Å². The maximum atomic E-state index is 12.0. The highest BCUT2D eigenvalue weighted by Crippen LogP contribution is 2.22. The monoisotopic (exact) mass is 342 g/mol. The number of thiazole rings is 1. The molecule has 2 heterocycles. The highest BCUT2D eigenvalue weighted by Gasteiger charge is 2.11. The van der Waals surface area contributed by atoms with Crippen LogP contribution in [0.2, 0.25) is 0 Å². The van der Waals surface area contributed by atoms with Gasteiger partial charge in [0.25, 0.3) is 5.91 Å². The van der Waals surface area contributed by atoms with E-state index >= 15 is 0 Å². The van der Waals surface area contributed by atoms with E-state index in [1.54, 1.807) is 11.3 Å². The topological polar surface area (TPSA) is 42.0 Å². The molecule has 0 saturated carbocycles. The Morgan fingerprint density at radius 3 is 2.65 bits per heavy atom. The molecule has 0 spiro atoms. The number of carbonyl (C=O) groups is 1. The molecular weight excluding hydrogens is 324 g/mol. The first-order chi connectivity index (χ1) is 11.1. The van der Waals surface area contributed by atoms with E-state index in [0.29, 0.717) is 6.54 Å². The summed E-state index contributed by atoms with van der Waals surface area (Å²) in [6, 6.07) is 12.3. The lowest BCUT2D eigenvalue weighted by Gasteiger charge is -2.01. The van der Waals surface area contributed by atoms with Crippen LogP contribution >= 0.6 is 22.7 Å². The zero-order valence-electron chi connectivity index (χ0n) is 13.1. The number of nitrogens with zero attached hydrogens (tertiary/aromatic N) is 1. The van der Waals surface area contributed by atoms with E-state index in [2.05, 4.69) is 41.5 Å². The van der Waals surface area contributed by atoms with Crippen LogP contribution in [-0.2, 0) is 13.0 Å². The summed E-state index contributed by atoms with van der Waals surface area (Å²) in [7, 11) is 0. The Hall–Kier alpha value is -1.98. The zero-order valence-corrected chi connectivity index (χ0v) is 14.8. The molecule has 0 radical (unpaired) electrons. The lowest BCUT2D eigenvalue weighted by atomic mass is 10.1. The van der Waals surface area contributed by atoms with Gasteiger partial charge in [-0.15, -0.1) is 22.7 Å². The molecule has 3 rings (SSSR count). The number of hydrogen-bond donors (Lipinski definition) is 1. The number of thiophene rings is 1. The molecule has 2 aromatic heterocycles. The number of benzene rings is 1. The highest BCUT2D eigenvalue weighted by molar-refractivity contribution is 7.12. The number of nitrogens with one attached hydrogen (secondary N) is 1. The zero-order chi connectivity index (χ0) is 16.2. The van der Waals surface area contributed by atoms with E-state index in [1.165, 1.54) is 27.3 Å². The number of aromatic nitrogens is 1. The summed E-state index contributed by atoms with van der Waals surface area (Å²) in [6.07, 6.45) is 0.892. The number of rotatable bonds is 5. The van der Waals surface area contributed by atoms with Crippen molar-refractivity contribution < 1.29 is 4.79 Å². The molecule has 0 aliphatic rings. The maximum absolute atomic E-state index is 12.0. The highest BCUT2D eigenvalue weighted by atomic mass is 32.1. The van der Waals surface area contributed by atoms with Gasteiger partial charge < -0.3 is 5.32 Å². The van der Waals surface area contributed by atoms with Crippen molar-refractivity contribution in [3.8, 4) is 0 Å². The number of amides is 1. The molecule has 0 atom stereocenters. The Bertz CT molecular complexity index is 789. The molecule has 0 unspecified atom stereocenters. The van der Waals surface area contributed by atoms with Crippen molar-refractivity contribution in [2.75, 3.05) is 0 Å². The second-order valence-corrected chi connectivity index (χ2v) is 7.55. The molecule has 118 valence electrons. The summed E-state index contributed by atoms with van der Waals surface area (Å²) in [6.45, 7) is 4.61. The summed E-state index contributed by atoms with van der Waals surface area (Å²) in [5, 5.41) is 5.79. The van der Waals surface area contributed by atoms with Crippen LogP contribution in [0, 0.1) is 13.8 Å². The Balaban J connectivity index is 1.64. The van der Waals surface area contributed by atoms with Crippen molar-refractivity contribution >= 4 is 28.6 Å². The standard InChI is InChI=1S/C18H18N2OS2/c1-12-5-7-14(8-6-12)10-16-13(2)20-17(23-16)11-19-18(21)15-4-3-9-22-15/h3-9H,10-11H2,1-2H3,(H,19,21). The fraction of sp³-hybridized carbons (Fsp3) is 0.222. The van der Waals surface area contributed by atoms with Crippen molar-refractivity contribution in [1.82, 2.24) is 10.3 Å². The molecule has 3 aromatic rings. The molecular formula is C18H18N2OS2. The Kier molecular flexibility index (Phi) is 4.88. The summed E-state index contributed by atoms with van der Waals surface area (Å²) < 4.78 is 0. The van der Waals surface area contributed by atoms with Gasteiger partial charge in [0.15, 0.2) is 0 Å². The molecule has 0 aliphatic carbocycles. The van der Waals surface area contributed by atoms with E-state index in [9.17, 15) is 4.79 Å². The largest absolute Gasteiger partial charge is 0.345 e. The fourth-order valence-corrected chi connectivity index (χ4v) is 3.95. The molecule has 3 nitrogen and oxygen atoms in total. The van der Waals surface area contributed by atoms with Crippen molar-refractivity contribution in [3.05, 3.63) is 73.4 Å². The van der Waals surface area contributed by atoms with Gasteiger partial charge in [0, 0.05) is 11.3 Å². The minimum atomic E-state index is -0.0343. The van der Waals surface area contributed by atoms with Crippen molar-refractivity contribution in [2.45, 2.75) is 26.8 Å². The van der Waals surface area contributed by atoms with Crippen LogP contribution in [0.4, 0.5) is 0 Å². The lowest BCUT2D eigenvalue weighted by Crippen LogP contribution is -2.21. The first-order valence-corrected chi connectivity index (χ1v) is 9.14. The number of hydrogen-bond acceptors (Lipinski definition) is 4. The van der Waals surface area contributed by atoms with Crippen molar-refractivity contribution in [2.24, 2.45) is 0 Å². The Morgan fingerprint density at radius 2 is 1.96 bits per heavy atom. The second kappa shape index (κ2) is 7.06. The molecule has 23 heavy (non-hydrogen) atoms.